The summed E-state index contributed by atoms with van der Waals surface area (Å²) in [5.41, 5.74) is 1.08. The first-order valence-corrected chi connectivity index (χ1v) is 9.90. The van der Waals surface area contributed by atoms with E-state index in [4.69, 9.17) is 27.9 Å². The normalized spacial score (nSPS) is 12.7. The molecule has 0 radical (unpaired) electrons. The molecule has 0 aromatic heterocycles. The van der Waals surface area contributed by atoms with Gasteiger partial charge in [0.15, 0.2) is 6.61 Å². The minimum absolute atomic E-state index is 0.0679. The Bertz CT molecular complexity index is 969. The van der Waals surface area contributed by atoms with Crippen molar-refractivity contribution < 1.29 is 23.9 Å². The molecular weight excluding hydrogens is 431 g/mol. The maximum Gasteiger partial charge on any atom is 0.326 e. The van der Waals surface area contributed by atoms with Crippen molar-refractivity contribution in [3.05, 3.63) is 69.2 Å². The molecule has 3 amide bonds. The monoisotopic (exact) mass is 448 g/mol. The Kier molecular flexibility index (Phi) is 6.74. The van der Waals surface area contributed by atoms with Crippen LogP contribution in [0.1, 0.15) is 33.2 Å². The Morgan fingerprint density at radius 2 is 1.57 bits per heavy atom. The third-order valence-electron chi connectivity index (χ3n) is 4.61. The summed E-state index contributed by atoms with van der Waals surface area (Å²) in [5.74, 6) is -2.59. The van der Waals surface area contributed by atoms with Crippen molar-refractivity contribution in [3.63, 3.8) is 0 Å². The minimum Gasteiger partial charge on any atom is -0.454 e. The van der Waals surface area contributed by atoms with E-state index in [1.807, 2.05) is 37.3 Å². The van der Waals surface area contributed by atoms with Crippen molar-refractivity contribution in [1.29, 1.82) is 0 Å². The van der Waals surface area contributed by atoms with Gasteiger partial charge in [0.25, 0.3) is 17.7 Å². The smallest absolute Gasteiger partial charge is 0.326 e. The number of benzene rings is 2. The molecule has 0 aliphatic carbocycles. The van der Waals surface area contributed by atoms with Gasteiger partial charge in [-0.05, 0) is 24.6 Å². The van der Waals surface area contributed by atoms with Crippen LogP contribution in [-0.4, -0.2) is 53.2 Å². The van der Waals surface area contributed by atoms with Crippen molar-refractivity contribution in [2.45, 2.75) is 13.5 Å². The summed E-state index contributed by atoms with van der Waals surface area (Å²) in [6.45, 7) is 1.54. The molecule has 3 rings (SSSR count). The van der Waals surface area contributed by atoms with Crippen molar-refractivity contribution >= 4 is 46.9 Å². The highest BCUT2D eigenvalue weighted by Crippen LogP contribution is 2.31. The summed E-state index contributed by atoms with van der Waals surface area (Å²) >= 11 is 11.8. The number of carbonyl (C=O) groups excluding carboxylic acids is 4. The lowest BCUT2D eigenvalue weighted by Crippen LogP contribution is -2.38. The average Bonchev–Trinajstić information content (AvgIpc) is 2.95. The zero-order valence-corrected chi connectivity index (χ0v) is 17.6. The molecule has 0 fully saturated rings. The molecule has 1 aliphatic heterocycles. The molecule has 0 unspecified atom stereocenters. The van der Waals surface area contributed by atoms with E-state index >= 15 is 0 Å². The lowest BCUT2D eigenvalue weighted by Gasteiger charge is -2.21. The number of halogens is 2. The van der Waals surface area contributed by atoms with Crippen LogP contribution in [0, 0.1) is 0 Å². The maximum atomic E-state index is 12.4. The predicted octanol–water partition coefficient (Wildman–Crippen LogP) is 3.18. The Morgan fingerprint density at radius 1 is 1.00 bits per heavy atom. The van der Waals surface area contributed by atoms with Gasteiger partial charge in [-0.2, -0.15) is 0 Å². The maximum absolute atomic E-state index is 12.4. The minimum atomic E-state index is -0.870. The van der Waals surface area contributed by atoms with Gasteiger partial charge < -0.3 is 9.64 Å². The highest BCUT2D eigenvalue weighted by Gasteiger charge is 2.37. The third kappa shape index (κ3) is 4.63. The average molecular weight is 449 g/mol. The van der Waals surface area contributed by atoms with E-state index < -0.39 is 30.9 Å². The summed E-state index contributed by atoms with van der Waals surface area (Å²) in [6, 6.07) is 12.0. The number of hydrogen-bond acceptors (Lipinski definition) is 5. The zero-order chi connectivity index (χ0) is 21.8. The first-order chi connectivity index (χ1) is 14.3. The van der Waals surface area contributed by atoms with Gasteiger partial charge in [-0.3, -0.25) is 24.1 Å². The molecule has 0 atom stereocenters. The second-order valence-electron chi connectivity index (χ2n) is 6.56. The van der Waals surface area contributed by atoms with Crippen molar-refractivity contribution in [2.75, 3.05) is 19.7 Å². The quantitative estimate of drug-likeness (QED) is 0.479. The summed E-state index contributed by atoms with van der Waals surface area (Å²) in [7, 11) is 0. The number of ether oxygens (including phenoxy) is 1. The van der Waals surface area contributed by atoms with Gasteiger partial charge in [0.05, 0.1) is 21.2 Å². The molecule has 2 aromatic rings. The first kappa shape index (κ1) is 21.8. The number of hydrogen-bond donors (Lipinski definition) is 0. The van der Waals surface area contributed by atoms with Gasteiger partial charge in [-0.25, -0.2) is 0 Å². The summed E-state index contributed by atoms with van der Waals surface area (Å²) in [5, 5.41) is 0.259. The van der Waals surface area contributed by atoms with E-state index in [9.17, 15) is 19.2 Å². The number of rotatable bonds is 7. The number of carbonyl (C=O) groups is 4. The number of esters is 1. The summed E-state index contributed by atoms with van der Waals surface area (Å²) < 4.78 is 5.00. The topological polar surface area (TPSA) is 84.0 Å². The highest BCUT2D eigenvalue weighted by molar-refractivity contribution is 6.43. The van der Waals surface area contributed by atoms with E-state index in [0.717, 1.165) is 10.5 Å². The molecule has 1 heterocycles. The molecule has 7 nitrogen and oxygen atoms in total. The molecule has 0 bridgehead atoms. The molecule has 2 aromatic carbocycles. The van der Waals surface area contributed by atoms with Crippen molar-refractivity contribution in [3.8, 4) is 0 Å². The van der Waals surface area contributed by atoms with Gasteiger partial charge in [-0.15, -0.1) is 0 Å². The number of nitrogens with zero attached hydrogens (tertiary/aromatic N) is 2. The molecule has 30 heavy (non-hydrogen) atoms. The molecule has 0 N–H and O–H groups in total. The predicted molar refractivity (Wildman–Crippen MR) is 110 cm³/mol. The van der Waals surface area contributed by atoms with Crippen LogP contribution < -0.4 is 0 Å². The van der Waals surface area contributed by atoms with Crippen molar-refractivity contribution in [1.82, 2.24) is 9.80 Å². The van der Waals surface area contributed by atoms with Crippen LogP contribution in [0.25, 0.3) is 0 Å². The van der Waals surface area contributed by atoms with E-state index in [2.05, 4.69) is 0 Å². The molecule has 156 valence electrons. The van der Waals surface area contributed by atoms with Gasteiger partial charge in [0, 0.05) is 13.1 Å². The number of amides is 3. The van der Waals surface area contributed by atoms with Gasteiger partial charge in [0.1, 0.15) is 6.54 Å². The van der Waals surface area contributed by atoms with Gasteiger partial charge in [-0.1, -0.05) is 53.5 Å². The zero-order valence-electron chi connectivity index (χ0n) is 16.1. The summed E-state index contributed by atoms with van der Waals surface area (Å²) in [6.07, 6.45) is 0. The van der Waals surface area contributed by atoms with E-state index in [0.29, 0.717) is 13.1 Å². The molecule has 0 saturated heterocycles. The van der Waals surface area contributed by atoms with Gasteiger partial charge >= 0.3 is 5.97 Å². The van der Waals surface area contributed by atoms with Crippen LogP contribution in [0.15, 0.2) is 42.5 Å². The van der Waals surface area contributed by atoms with Crippen LogP contribution in [0.3, 0.4) is 0 Å². The molecule has 1 aliphatic rings. The Balaban J connectivity index is 1.57. The lowest BCUT2D eigenvalue weighted by molar-refractivity contribution is -0.152. The third-order valence-corrected chi connectivity index (χ3v) is 5.33. The fourth-order valence-electron chi connectivity index (χ4n) is 3.02. The molecule has 0 spiro atoms. The molecule has 0 saturated carbocycles. The standard InChI is InChI=1S/C21H18Cl2N2O5/c1-2-24(10-13-6-4-3-5-7-13)18(26)12-30-19(27)11-25-20(28)14-8-16(22)17(23)9-15(14)21(25)29/h3-9H,2,10-12H2,1H3. The first-order valence-electron chi connectivity index (χ1n) is 9.14. The van der Waals surface area contributed by atoms with Crippen LogP contribution in [0.5, 0.6) is 0 Å². The molecular formula is C21H18Cl2N2O5. The van der Waals surface area contributed by atoms with Crippen LogP contribution >= 0.6 is 23.2 Å². The summed E-state index contributed by atoms with van der Waals surface area (Å²) in [4.78, 5) is 51.7. The fraction of sp³-hybridized carbons (Fsp3) is 0.238. The highest BCUT2D eigenvalue weighted by atomic mass is 35.5. The number of fused-ring (bicyclic) bond motifs is 1. The largest absolute Gasteiger partial charge is 0.454 e. The van der Waals surface area contributed by atoms with Crippen molar-refractivity contribution in [2.24, 2.45) is 0 Å². The number of likely N-dealkylation sites (N-methyl/N-ethyl adjacent to an activating group) is 1. The van der Waals surface area contributed by atoms with Gasteiger partial charge in [0.2, 0.25) is 0 Å². The lowest BCUT2D eigenvalue weighted by atomic mass is 10.1. The Morgan fingerprint density at radius 3 is 2.10 bits per heavy atom. The fourth-order valence-corrected chi connectivity index (χ4v) is 3.34. The molecule has 9 heteroatoms. The second-order valence-corrected chi connectivity index (χ2v) is 7.38. The van der Waals surface area contributed by atoms with Crippen LogP contribution in [0.2, 0.25) is 10.0 Å². The Labute approximate surface area is 183 Å². The SMILES string of the molecule is CCN(Cc1ccccc1)C(=O)COC(=O)CN1C(=O)c2cc(Cl)c(Cl)cc2C1=O. The van der Waals surface area contributed by atoms with Crippen LogP contribution in [0.4, 0.5) is 0 Å². The second kappa shape index (κ2) is 9.28. The van der Waals surface area contributed by atoms with E-state index in [-0.39, 0.29) is 27.1 Å². The van der Waals surface area contributed by atoms with E-state index in [1.54, 1.807) is 0 Å². The van der Waals surface area contributed by atoms with Crippen LogP contribution in [-0.2, 0) is 20.9 Å². The van der Waals surface area contributed by atoms with E-state index in [1.165, 1.54) is 17.0 Å². The number of imide groups is 1. The Hall–Kier alpha value is -2.90.